The van der Waals surface area contributed by atoms with Crippen molar-refractivity contribution in [2.45, 2.75) is 33.3 Å². The van der Waals surface area contributed by atoms with Crippen LogP contribution in [-0.2, 0) is 6.42 Å². The standard InChI is InChI=1S/C14H20N4OS/c1-9(2)19-14-12(15)4-5-13(18-14)16-7-6-11-8-20-10(3)17-11/h4-5,8-9H,6-7,15H2,1-3H3,(H,16,18). The van der Waals surface area contributed by atoms with Crippen LogP contribution in [0.2, 0.25) is 0 Å². The van der Waals surface area contributed by atoms with E-state index >= 15 is 0 Å². The van der Waals surface area contributed by atoms with E-state index in [0.29, 0.717) is 11.6 Å². The van der Waals surface area contributed by atoms with Crippen molar-refractivity contribution in [3.05, 3.63) is 28.2 Å². The zero-order valence-electron chi connectivity index (χ0n) is 12.0. The van der Waals surface area contributed by atoms with Crippen LogP contribution in [0.15, 0.2) is 17.5 Å². The van der Waals surface area contributed by atoms with E-state index in [1.54, 1.807) is 17.4 Å². The maximum absolute atomic E-state index is 5.84. The number of anilines is 2. The summed E-state index contributed by atoms with van der Waals surface area (Å²) in [5.74, 6) is 1.25. The number of rotatable bonds is 6. The number of nitrogens with two attached hydrogens (primary N) is 1. The lowest BCUT2D eigenvalue weighted by molar-refractivity contribution is 0.234. The van der Waals surface area contributed by atoms with Crippen LogP contribution < -0.4 is 15.8 Å². The summed E-state index contributed by atoms with van der Waals surface area (Å²) < 4.78 is 5.57. The Morgan fingerprint density at radius 1 is 1.35 bits per heavy atom. The molecule has 0 fully saturated rings. The zero-order valence-corrected chi connectivity index (χ0v) is 12.8. The molecule has 0 spiro atoms. The highest BCUT2D eigenvalue weighted by molar-refractivity contribution is 7.09. The number of hydrogen-bond donors (Lipinski definition) is 2. The van der Waals surface area contributed by atoms with Gasteiger partial charge in [0.1, 0.15) is 5.82 Å². The highest BCUT2D eigenvalue weighted by Gasteiger charge is 2.06. The van der Waals surface area contributed by atoms with Crippen molar-refractivity contribution in [3.63, 3.8) is 0 Å². The molecule has 20 heavy (non-hydrogen) atoms. The molecule has 0 aliphatic heterocycles. The molecule has 0 bridgehead atoms. The lowest BCUT2D eigenvalue weighted by atomic mass is 10.3. The first-order valence-electron chi connectivity index (χ1n) is 6.62. The highest BCUT2D eigenvalue weighted by Crippen LogP contribution is 2.22. The van der Waals surface area contributed by atoms with E-state index in [2.05, 4.69) is 20.7 Å². The van der Waals surface area contributed by atoms with Crippen LogP contribution in [0, 0.1) is 6.92 Å². The van der Waals surface area contributed by atoms with E-state index < -0.39 is 0 Å². The normalized spacial score (nSPS) is 10.8. The summed E-state index contributed by atoms with van der Waals surface area (Å²) in [6.07, 6.45) is 0.926. The number of pyridine rings is 1. The molecule has 0 aliphatic carbocycles. The summed E-state index contributed by atoms with van der Waals surface area (Å²) in [7, 11) is 0. The fraction of sp³-hybridized carbons (Fsp3) is 0.429. The number of aryl methyl sites for hydroxylation is 1. The number of hydrogen-bond acceptors (Lipinski definition) is 6. The zero-order chi connectivity index (χ0) is 14.5. The van der Waals surface area contributed by atoms with E-state index in [4.69, 9.17) is 10.5 Å². The van der Waals surface area contributed by atoms with Gasteiger partial charge in [0.05, 0.1) is 22.5 Å². The number of nitrogens with one attached hydrogen (secondary N) is 1. The lowest BCUT2D eigenvalue weighted by Crippen LogP contribution is -2.11. The summed E-state index contributed by atoms with van der Waals surface area (Å²) in [6.45, 7) is 6.69. The fourth-order valence-corrected chi connectivity index (χ4v) is 2.36. The molecule has 2 aromatic rings. The van der Waals surface area contributed by atoms with Crippen LogP contribution in [0.1, 0.15) is 24.5 Å². The van der Waals surface area contributed by atoms with Gasteiger partial charge in [0.2, 0.25) is 5.88 Å². The molecule has 0 saturated carbocycles. The third kappa shape index (κ3) is 4.09. The van der Waals surface area contributed by atoms with Gasteiger partial charge in [0.15, 0.2) is 0 Å². The predicted octanol–water partition coefficient (Wildman–Crippen LogP) is 2.87. The number of ether oxygens (including phenoxy) is 1. The minimum Gasteiger partial charge on any atom is -0.473 e. The van der Waals surface area contributed by atoms with Crippen molar-refractivity contribution in [3.8, 4) is 5.88 Å². The topological polar surface area (TPSA) is 73.1 Å². The van der Waals surface area contributed by atoms with Crippen molar-refractivity contribution >= 4 is 22.8 Å². The first-order chi connectivity index (χ1) is 9.54. The summed E-state index contributed by atoms with van der Waals surface area (Å²) in [4.78, 5) is 8.80. The van der Waals surface area contributed by atoms with Gasteiger partial charge in [-0.2, -0.15) is 4.98 Å². The molecule has 2 heterocycles. The Labute approximate surface area is 123 Å². The van der Waals surface area contributed by atoms with Crippen LogP contribution in [0.3, 0.4) is 0 Å². The van der Waals surface area contributed by atoms with Gasteiger partial charge in [0.25, 0.3) is 0 Å². The molecule has 2 rings (SSSR count). The predicted molar refractivity (Wildman–Crippen MR) is 83.5 cm³/mol. The summed E-state index contributed by atoms with van der Waals surface area (Å²) in [5, 5.41) is 6.44. The highest BCUT2D eigenvalue weighted by atomic mass is 32.1. The van der Waals surface area contributed by atoms with Gasteiger partial charge in [-0.15, -0.1) is 11.3 Å². The minimum absolute atomic E-state index is 0.0537. The van der Waals surface area contributed by atoms with Crippen molar-refractivity contribution in [1.82, 2.24) is 9.97 Å². The molecule has 6 heteroatoms. The number of aromatic nitrogens is 2. The molecule has 0 amide bonds. The number of nitrogens with zero attached hydrogens (tertiary/aromatic N) is 2. The van der Waals surface area contributed by atoms with E-state index in [1.807, 2.05) is 26.8 Å². The second-order valence-corrected chi connectivity index (χ2v) is 5.85. The van der Waals surface area contributed by atoms with Crippen molar-refractivity contribution < 1.29 is 4.74 Å². The van der Waals surface area contributed by atoms with Crippen molar-refractivity contribution in [2.75, 3.05) is 17.6 Å². The Hall–Kier alpha value is -1.82. The van der Waals surface area contributed by atoms with Gasteiger partial charge < -0.3 is 15.8 Å². The largest absolute Gasteiger partial charge is 0.473 e. The third-order valence-electron chi connectivity index (χ3n) is 2.59. The number of thiazole rings is 1. The average molecular weight is 292 g/mol. The SMILES string of the molecule is Cc1nc(CCNc2ccc(N)c(OC(C)C)n2)cs1. The number of nitrogen functional groups attached to an aromatic ring is 1. The molecule has 0 aliphatic rings. The van der Waals surface area contributed by atoms with Crippen molar-refractivity contribution in [1.29, 1.82) is 0 Å². The molecule has 0 aromatic carbocycles. The van der Waals surface area contributed by atoms with E-state index in [0.717, 1.165) is 29.5 Å². The van der Waals surface area contributed by atoms with Gasteiger partial charge in [-0.1, -0.05) is 0 Å². The van der Waals surface area contributed by atoms with Gasteiger partial charge in [0, 0.05) is 18.3 Å². The van der Waals surface area contributed by atoms with Gasteiger partial charge >= 0.3 is 0 Å². The quantitative estimate of drug-likeness (QED) is 0.856. The molecular formula is C14H20N4OS. The molecule has 108 valence electrons. The maximum atomic E-state index is 5.84. The van der Waals surface area contributed by atoms with E-state index in [9.17, 15) is 0 Å². The molecule has 3 N–H and O–H groups in total. The first kappa shape index (κ1) is 14.6. The Morgan fingerprint density at radius 3 is 2.80 bits per heavy atom. The van der Waals surface area contributed by atoms with Gasteiger partial charge in [-0.05, 0) is 32.9 Å². The summed E-state index contributed by atoms with van der Waals surface area (Å²) >= 11 is 1.67. The van der Waals surface area contributed by atoms with Gasteiger partial charge in [-0.25, -0.2) is 4.98 Å². The van der Waals surface area contributed by atoms with Crippen LogP contribution in [-0.4, -0.2) is 22.6 Å². The Balaban J connectivity index is 1.92. The average Bonchev–Trinajstić information content (AvgIpc) is 2.78. The molecule has 0 unspecified atom stereocenters. The van der Waals surface area contributed by atoms with Gasteiger partial charge in [-0.3, -0.25) is 0 Å². The van der Waals surface area contributed by atoms with Crippen LogP contribution in [0.5, 0.6) is 5.88 Å². The Morgan fingerprint density at radius 2 is 2.15 bits per heavy atom. The van der Waals surface area contributed by atoms with Crippen LogP contribution >= 0.6 is 11.3 Å². The lowest BCUT2D eigenvalue weighted by Gasteiger charge is -2.12. The van der Waals surface area contributed by atoms with E-state index in [1.165, 1.54) is 0 Å². The minimum atomic E-state index is 0.0537. The monoisotopic (exact) mass is 292 g/mol. The Kier molecular flexibility index (Phi) is 4.79. The molecule has 2 aromatic heterocycles. The van der Waals surface area contributed by atoms with E-state index in [-0.39, 0.29) is 6.10 Å². The van der Waals surface area contributed by atoms with Crippen LogP contribution in [0.25, 0.3) is 0 Å². The van der Waals surface area contributed by atoms with Crippen molar-refractivity contribution in [2.24, 2.45) is 0 Å². The summed E-state index contributed by atoms with van der Waals surface area (Å²) in [6, 6.07) is 3.66. The second kappa shape index (κ2) is 6.56. The molecule has 0 saturated heterocycles. The molecule has 5 nitrogen and oxygen atoms in total. The van der Waals surface area contributed by atoms with Crippen LogP contribution in [0.4, 0.5) is 11.5 Å². The smallest absolute Gasteiger partial charge is 0.239 e. The fourth-order valence-electron chi connectivity index (χ4n) is 1.71. The maximum Gasteiger partial charge on any atom is 0.239 e. The molecule has 0 atom stereocenters. The molecule has 0 radical (unpaired) electrons. The third-order valence-corrected chi connectivity index (χ3v) is 3.41. The first-order valence-corrected chi connectivity index (χ1v) is 7.50. The Bertz CT molecular complexity index is 568. The summed E-state index contributed by atoms with van der Waals surface area (Å²) in [5.41, 5.74) is 7.50. The molecular weight excluding hydrogens is 272 g/mol. The second-order valence-electron chi connectivity index (χ2n) is 4.79.